The molecule has 1 amide bonds. The van der Waals surface area contributed by atoms with Gasteiger partial charge in [-0.15, -0.1) is 0 Å². The predicted molar refractivity (Wildman–Crippen MR) is 67.7 cm³/mol. The lowest BCUT2D eigenvalue weighted by Gasteiger charge is -2.15. The van der Waals surface area contributed by atoms with E-state index in [0.29, 0.717) is 12.8 Å². The molecular weight excluding hydrogens is 214 g/mol. The van der Waals surface area contributed by atoms with Crippen molar-refractivity contribution in [1.82, 2.24) is 5.32 Å². The van der Waals surface area contributed by atoms with Crippen molar-refractivity contribution in [1.29, 1.82) is 0 Å². The van der Waals surface area contributed by atoms with Crippen molar-refractivity contribution >= 4 is 11.7 Å². The van der Waals surface area contributed by atoms with Gasteiger partial charge >= 0.3 is 0 Å². The van der Waals surface area contributed by atoms with Crippen molar-refractivity contribution < 1.29 is 9.59 Å². The molecule has 3 heteroatoms. The third-order valence-electron chi connectivity index (χ3n) is 2.59. The number of carbonyl (C=O) groups excluding carboxylic acids is 2. The van der Waals surface area contributed by atoms with Gasteiger partial charge in [-0.2, -0.15) is 0 Å². The quantitative estimate of drug-likeness (QED) is 0.818. The fourth-order valence-corrected chi connectivity index (χ4v) is 1.64. The van der Waals surface area contributed by atoms with Crippen LogP contribution in [0.2, 0.25) is 0 Å². The number of amides is 1. The highest BCUT2D eigenvalue weighted by atomic mass is 16.2. The smallest absolute Gasteiger partial charge is 0.220 e. The molecular formula is C14H19NO2. The van der Waals surface area contributed by atoms with E-state index in [1.807, 2.05) is 37.3 Å². The summed E-state index contributed by atoms with van der Waals surface area (Å²) in [7, 11) is 0. The first kappa shape index (κ1) is 13.4. The van der Waals surface area contributed by atoms with Crippen molar-refractivity contribution in [3.05, 3.63) is 35.9 Å². The summed E-state index contributed by atoms with van der Waals surface area (Å²) in [5, 5.41) is 2.78. The standard InChI is InChI=1S/C14H19NO2/c1-3-7-14(17)15-13(11(2)16)10-12-8-5-4-6-9-12/h4-6,8-9,13H,3,7,10H2,1-2H3,(H,15,17)/t13-/m1/s1. The van der Waals surface area contributed by atoms with Crippen molar-refractivity contribution in [3.8, 4) is 0 Å². The molecule has 0 aliphatic carbocycles. The van der Waals surface area contributed by atoms with Crippen LogP contribution >= 0.6 is 0 Å². The largest absolute Gasteiger partial charge is 0.346 e. The number of hydrogen-bond acceptors (Lipinski definition) is 2. The molecule has 0 saturated heterocycles. The van der Waals surface area contributed by atoms with Gasteiger partial charge in [0.1, 0.15) is 0 Å². The van der Waals surface area contributed by atoms with Crippen LogP contribution in [0, 0.1) is 0 Å². The fourth-order valence-electron chi connectivity index (χ4n) is 1.64. The van der Waals surface area contributed by atoms with Crippen LogP contribution in [-0.2, 0) is 16.0 Å². The monoisotopic (exact) mass is 233 g/mol. The highest BCUT2D eigenvalue weighted by Crippen LogP contribution is 2.04. The van der Waals surface area contributed by atoms with E-state index in [4.69, 9.17) is 0 Å². The summed E-state index contributed by atoms with van der Waals surface area (Å²) in [6.07, 6.45) is 1.83. The molecule has 1 atom stereocenters. The predicted octanol–water partition coefficient (Wildman–Crippen LogP) is 2.10. The Bertz CT molecular complexity index is 373. The summed E-state index contributed by atoms with van der Waals surface area (Å²) < 4.78 is 0. The maximum atomic E-state index is 11.5. The molecule has 0 radical (unpaired) electrons. The van der Waals surface area contributed by atoms with E-state index in [1.54, 1.807) is 0 Å². The number of benzene rings is 1. The molecule has 92 valence electrons. The lowest BCUT2D eigenvalue weighted by molar-refractivity contribution is -0.126. The first-order valence-electron chi connectivity index (χ1n) is 5.97. The maximum Gasteiger partial charge on any atom is 0.220 e. The van der Waals surface area contributed by atoms with E-state index >= 15 is 0 Å². The second-order valence-corrected chi connectivity index (χ2v) is 4.17. The minimum atomic E-state index is -0.406. The molecule has 3 nitrogen and oxygen atoms in total. The van der Waals surface area contributed by atoms with Gasteiger partial charge in [0.2, 0.25) is 5.91 Å². The molecule has 1 aromatic rings. The minimum absolute atomic E-state index is 0.00157. The van der Waals surface area contributed by atoms with Crippen LogP contribution in [0.1, 0.15) is 32.3 Å². The van der Waals surface area contributed by atoms with Crippen LogP contribution in [0.4, 0.5) is 0 Å². The van der Waals surface area contributed by atoms with E-state index in [1.165, 1.54) is 6.92 Å². The molecule has 0 heterocycles. The van der Waals surface area contributed by atoms with E-state index < -0.39 is 6.04 Å². The first-order valence-corrected chi connectivity index (χ1v) is 5.97. The third-order valence-corrected chi connectivity index (χ3v) is 2.59. The number of nitrogens with one attached hydrogen (secondary N) is 1. The number of carbonyl (C=O) groups is 2. The molecule has 17 heavy (non-hydrogen) atoms. The van der Waals surface area contributed by atoms with Gasteiger partial charge in [-0.25, -0.2) is 0 Å². The van der Waals surface area contributed by atoms with Gasteiger partial charge in [-0.3, -0.25) is 9.59 Å². The Morgan fingerprint density at radius 3 is 2.41 bits per heavy atom. The molecule has 0 aliphatic heterocycles. The molecule has 0 bridgehead atoms. The Labute approximate surface area is 102 Å². The molecule has 1 aromatic carbocycles. The van der Waals surface area contributed by atoms with Gasteiger partial charge in [0.05, 0.1) is 6.04 Å². The Balaban J connectivity index is 2.61. The molecule has 0 aliphatic rings. The SMILES string of the molecule is CCCC(=O)N[C@H](Cc1ccccc1)C(C)=O. The second-order valence-electron chi connectivity index (χ2n) is 4.17. The summed E-state index contributed by atoms with van der Waals surface area (Å²) >= 11 is 0. The van der Waals surface area contributed by atoms with Gasteiger partial charge in [0.15, 0.2) is 5.78 Å². The van der Waals surface area contributed by atoms with Crippen molar-refractivity contribution in [3.63, 3.8) is 0 Å². The zero-order chi connectivity index (χ0) is 12.7. The molecule has 1 N–H and O–H groups in total. The minimum Gasteiger partial charge on any atom is -0.346 e. The summed E-state index contributed by atoms with van der Waals surface area (Å²) in [5.74, 6) is -0.0538. The van der Waals surface area contributed by atoms with Crippen LogP contribution in [0.3, 0.4) is 0 Å². The van der Waals surface area contributed by atoms with Crippen molar-refractivity contribution in [2.24, 2.45) is 0 Å². The van der Waals surface area contributed by atoms with Gasteiger partial charge < -0.3 is 5.32 Å². The van der Waals surface area contributed by atoms with Crippen LogP contribution < -0.4 is 5.32 Å². The van der Waals surface area contributed by atoms with Crippen LogP contribution in [0.15, 0.2) is 30.3 Å². The highest BCUT2D eigenvalue weighted by Gasteiger charge is 2.16. The summed E-state index contributed by atoms with van der Waals surface area (Å²) in [6.45, 7) is 3.46. The Hall–Kier alpha value is -1.64. The van der Waals surface area contributed by atoms with Gasteiger partial charge in [0, 0.05) is 6.42 Å². The fraction of sp³-hybridized carbons (Fsp3) is 0.429. The number of Topliss-reactive ketones (excluding diaryl/α,β-unsaturated/α-hetero) is 1. The Morgan fingerprint density at radius 1 is 1.24 bits per heavy atom. The highest BCUT2D eigenvalue weighted by molar-refractivity contribution is 5.87. The average Bonchev–Trinajstić information content (AvgIpc) is 2.29. The number of rotatable bonds is 6. The van der Waals surface area contributed by atoms with E-state index in [2.05, 4.69) is 5.32 Å². The number of hydrogen-bond donors (Lipinski definition) is 1. The van der Waals surface area contributed by atoms with Crippen LogP contribution in [0.5, 0.6) is 0 Å². The number of ketones is 1. The first-order chi connectivity index (χ1) is 8.13. The average molecular weight is 233 g/mol. The normalized spacial score (nSPS) is 11.9. The van der Waals surface area contributed by atoms with Gasteiger partial charge in [-0.05, 0) is 25.3 Å². The van der Waals surface area contributed by atoms with Gasteiger partial charge in [-0.1, -0.05) is 37.3 Å². The van der Waals surface area contributed by atoms with Crippen molar-refractivity contribution in [2.75, 3.05) is 0 Å². The molecule has 0 unspecified atom stereocenters. The van der Waals surface area contributed by atoms with E-state index in [-0.39, 0.29) is 11.7 Å². The summed E-state index contributed by atoms with van der Waals surface area (Å²) in [6, 6.07) is 9.31. The molecule has 0 saturated carbocycles. The molecule has 0 aromatic heterocycles. The van der Waals surface area contributed by atoms with E-state index in [9.17, 15) is 9.59 Å². The van der Waals surface area contributed by atoms with Crippen molar-refractivity contribution in [2.45, 2.75) is 39.2 Å². The zero-order valence-electron chi connectivity index (χ0n) is 10.4. The molecule has 0 fully saturated rings. The van der Waals surface area contributed by atoms with Gasteiger partial charge in [0.25, 0.3) is 0 Å². The molecule has 1 rings (SSSR count). The second kappa shape index (κ2) is 6.84. The van der Waals surface area contributed by atoms with Crippen LogP contribution in [-0.4, -0.2) is 17.7 Å². The van der Waals surface area contributed by atoms with Crippen LogP contribution in [0.25, 0.3) is 0 Å². The molecule has 0 spiro atoms. The lowest BCUT2D eigenvalue weighted by Crippen LogP contribution is -2.41. The van der Waals surface area contributed by atoms with E-state index in [0.717, 1.165) is 12.0 Å². The maximum absolute atomic E-state index is 11.5. The Kier molecular flexibility index (Phi) is 5.40. The Morgan fingerprint density at radius 2 is 1.88 bits per heavy atom. The summed E-state index contributed by atoms with van der Waals surface area (Å²) in [5.41, 5.74) is 1.06. The lowest BCUT2D eigenvalue weighted by atomic mass is 10.0. The summed E-state index contributed by atoms with van der Waals surface area (Å²) in [4.78, 5) is 23.0. The topological polar surface area (TPSA) is 46.2 Å². The third kappa shape index (κ3) is 4.81. The zero-order valence-corrected chi connectivity index (χ0v) is 10.4.